The zero-order valence-electron chi connectivity index (χ0n) is 15.8. The molecule has 0 spiro atoms. The summed E-state index contributed by atoms with van der Waals surface area (Å²) in [5.74, 6) is -2.54. The highest BCUT2D eigenvalue weighted by atomic mass is 16.6. The molecule has 2 amide bonds. The maximum atomic E-state index is 12.0. The van der Waals surface area contributed by atoms with Crippen LogP contribution in [0.4, 0.5) is 4.79 Å². The van der Waals surface area contributed by atoms with Crippen molar-refractivity contribution in [3.8, 4) is 0 Å². The number of hydrogen-bond donors (Lipinski definition) is 3. The van der Waals surface area contributed by atoms with Gasteiger partial charge in [0, 0.05) is 18.4 Å². The van der Waals surface area contributed by atoms with E-state index in [0.717, 1.165) is 5.56 Å². The number of carboxylic acids is 1. The Morgan fingerprint density at radius 2 is 1.70 bits per heavy atom. The van der Waals surface area contributed by atoms with Crippen molar-refractivity contribution < 1.29 is 29.0 Å². The Labute approximate surface area is 158 Å². The van der Waals surface area contributed by atoms with Crippen LogP contribution in [0.5, 0.6) is 0 Å². The number of amides is 2. The lowest BCUT2D eigenvalue weighted by molar-refractivity contribution is -0.143. The first-order chi connectivity index (χ1) is 12.6. The molecule has 0 aliphatic heterocycles. The van der Waals surface area contributed by atoms with Crippen LogP contribution in [0.3, 0.4) is 0 Å². The maximum Gasteiger partial charge on any atom is 0.415 e. The molecule has 0 bridgehead atoms. The van der Waals surface area contributed by atoms with Crippen LogP contribution in [0.15, 0.2) is 30.3 Å². The monoisotopic (exact) mass is 378 g/mol. The van der Waals surface area contributed by atoms with Crippen LogP contribution in [0.1, 0.15) is 45.6 Å². The third kappa shape index (κ3) is 9.98. The molecule has 0 unspecified atom stereocenters. The lowest BCUT2D eigenvalue weighted by atomic mass is 10.1. The second kappa shape index (κ2) is 10.3. The summed E-state index contributed by atoms with van der Waals surface area (Å²) in [4.78, 5) is 46.4. The van der Waals surface area contributed by atoms with Crippen molar-refractivity contribution >= 4 is 23.9 Å². The molecule has 0 saturated heterocycles. The van der Waals surface area contributed by atoms with Gasteiger partial charge in [-0.25, -0.2) is 9.59 Å². The first-order valence-corrected chi connectivity index (χ1v) is 8.66. The zero-order chi connectivity index (χ0) is 20.4. The van der Waals surface area contributed by atoms with Gasteiger partial charge in [-0.1, -0.05) is 30.3 Å². The number of hydrogen-bond acceptors (Lipinski definition) is 5. The molecule has 1 atom stereocenters. The topological polar surface area (TPSA) is 122 Å². The van der Waals surface area contributed by atoms with E-state index >= 15 is 0 Å². The Morgan fingerprint density at radius 3 is 2.26 bits per heavy atom. The molecule has 1 aromatic carbocycles. The van der Waals surface area contributed by atoms with E-state index in [1.807, 2.05) is 30.3 Å². The fourth-order valence-corrected chi connectivity index (χ4v) is 2.17. The Morgan fingerprint density at radius 1 is 1.07 bits per heavy atom. The first-order valence-electron chi connectivity index (χ1n) is 8.66. The van der Waals surface area contributed by atoms with Gasteiger partial charge in [-0.3, -0.25) is 9.59 Å². The number of aliphatic carboxylic acids is 1. The Balaban J connectivity index is 2.42. The van der Waals surface area contributed by atoms with Gasteiger partial charge in [0.1, 0.15) is 6.04 Å². The molecule has 0 aromatic heterocycles. The lowest BCUT2D eigenvalue weighted by Gasteiger charge is -2.19. The van der Waals surface area contributed by atoms with Gasteiger partial charge in [-0.05, 0) is 39.2 Å². The highest BCUT2D eigenvalue weighted by Gasteiger charge is 2.23. The van der Waals surface area contributed by atoms with Gasteiger partial charge in [-0.2, -0.15) is 0 Å². The van der Waals surface area contributed by atoms with Crippen molar-refractivity contribution in [2.24, 2.45) is 0 Å². The Hall–Kier alpha value is -2.90. The highest BCUT2D eigenvalue weighted by molar-refractivity contribution is 5.86. The van der Waals surface area contributed by atoms with E-state index in [1.165, 1.54) is 0 Å². The molecule has 0 saturated carbocycles. The number of nitrogens with one attached hydrogen (secondary N) is 2. The van der Waals surface area contributed by atoms with Crippen LogP contribution in [0.25, 0.3) is 0 Å². The lowest BCUT2D eigenvalue weighted by Crippen LogP contribution is -2.42. The average Bonchev–Trinajstić information content (AvgIpc) is 2.55. The molecule has 1 aromatic rings. The van der Waals surface area contributed by atoms with Gasteiger partial charge in [0.25, 0.3) is 0 Å². The van der Waals surface area contributed by atoms with E-state index in [-0.39, 0.29) is 19.3 Å². The minimum atomic E-state index is -1.25. The summed E-state index contributed by atoms with van der Waals surface area (Å²) in [6, 6.07) is 8.10. The third-order valence-electron chi connectivity index (χ3n) is 3.44. The van der Waals surface area contributed by atoms with Crippen LogP contribution in [0.2, 0.25) is 0 Å². The van der Waals surface area contributed by atoms with E-state index in [1.54, 1.807) is 20.8 Å². The molecule has 0 heterocycles. The summed E-state index contributed by atoms with van der Waals surface area (Å²) in [6.45, 7) is 5.18. The third-order valence-corrected chi connectivity index (χ3v) is 3.44. The van der Waals surface area contributed by atoms with Gasteiger partial charge in [0.05, 0.1) is 0 Å². The molecular weight excluding hydrogens is 352 g/mol. The molecule has 8 heteroatoms. The second-order valence-electron chi connectivity index (χ2n) is 7.12. The number of ether oxygens (including phenoxy) is 1. The Bertz CT molecular complexity index is 667. The van der Waals surface area contributed by atoms with Gasteiger partial charge in [0.15, 0.2) is 0 Å². The van der Waals surface area contributed by atoms with Crippen LogP contribution >= 0.6 is 0 Å². The van der Waals surface area contributed by atoms with Crippen molar-refractivity contribution in [1.82, 2.24) is 10.6 Å². The van der Waals surface area contributed by atoms with Crippen molar-refractivity contribution in [3.63, 3.8) is 0 Å². The predicted octanol–water partition coefficient (Wildman–Crippen LogP) is 2.02. The van der Waals surface area contributed by atoms with Crippen LogP contribution in [0, 0.1) is 0 Å². The number of carboxylic acid groups (broad SMARTS) is 1. The number of carbonyl (C=O) groups excluding carboxylic acids is 3. The quantitative estimate of drug-likeness (QED) is 0.470. The number of alkyl carbamates (subject to hydrolysis) is 1. The van der Waals surface area contributed by atoms with E-state index in [4.69, 9.17) is 0 Å². The number of esters is 1. The number of aryl methyl sites for hydroxylation is 1. The van der Waals surface area contributed by atoms with Crippen molar-refractivity contribution in [2.75, 3.05) is 0 Å². The van der Waals surface area contributed by atoms with Gasteiger partial charge in [-0.15, -0.1) is 0 Å². The number of benzene rings is 1. The fourth-order valence-electron chi connectivity index (χ4n) is 2.17. The predicted molar refractivity (Wildman–Crippen MR) is 97.9 cm³/mol. The summed E-state index contributed by atoms with van der Waals surface area (Å²) >= 11 is 0. The van der Waals surface area contributed by atoms with Gasteiger partial charge >= 0.3 is 18.0 Å². The molecule has 27 heavy (non-hydrogen) atoms. The molecule has 3 N–H and O–H groups in total. The van der Waals surface area contributed by atoms with Crippen LogP contribution < -0.4 is 10.6 Å². The standard InChI is InChI=1S/C19H26N2O6/c1-19(2,3)21-18(26)27-16(23)12-10-14(17(24)25)20-15(22)11-9-13-7-5-4-6-8-13/h4-8,14H,9-12H2,1-3H3,(H,20,22)(H,21,26)(H,24,25)/t14-/m0/s1. The van der Waals surface area contributed by atoms with Crippen molar-refractivity contribution in [2.45, 2.75) is 58.0 Å². The number of carbonyl (C=O) groups is 4. The minimum Gasteiger partial charge on any atom is -0.480 e. The van der Waals surface area contributed by atoms with Crippen molar-refractivity contribution in [1.29, 1.82) is 0 Å². The molecule has 0 fully saturated rings. The zero-order valence-corrected chi connectivity index (χ0v) is 15.8. The summed E-state index contributed by atoms with van der Waals surface area (Å²) < 4.78 is 4.57. The molecule has 8 nitrogen and oxygen atoms in total. The van der Waals surface area contributed by atoms with Crippen molar-refractivity contribution in [3.05, 3.63) is 35.9 Å². The highest BCUT2D eigenvalue weighted by Crippen LogP contribution is 2.05. The minimum absolute atomic E-state index is 0.131. The average molecular weight is 378 g/mol. The van der Waals surface area contributed by atoms with E-state index in [9.17, 15) is 24.3 Å². The Kier molecular flexibility index (Phi) is 8.44. The molecule has 148 valence electrons. The van der Waals surface area contributed by atoms with E-state index < -0.39 is 35.5 Å². The summed E-state index contributed by atoms with van der Waals surface area (Å²) in [7, 11) is 0. The van der Waals surface area contributed by atoms with Gasteiger partial charge < -0.3 is 20.5 Å². The number of rotatable bonds is 8. The molecule has 0 aliphatic rings. The second-order valence-corrected chi connectivity index (χ2v) is 7.12. The first kappa shape index (κ1) is 22.1. The summed E-state index contributed by atoms with van der Waals surface area (Å²) in [5, 5.41) is 14.1. The molecule has 0 aliphatic carbocycles. The molecule has 0 radical (unpaired) electrons. The SMILES string of the molecule is CC(C)(C)NC(=O)OC(=O)CC[C@H](NC(=O)CCc1ccccc1)C(=O)O. The van der Waals surface area contributed by atoms with E-state index in [2.05, 4.69) is 15.4 Å². The largest absolute Gasteiger partial charge is 0.480 e. The molecular formula is C19H26N2O6. The smallest absolute Gasteiger partial charge is 0.415 e. The summed E-state index contributed by atoms with van der Waals surface area (Å²) in [6.07, 6.45) is -0.770. The van der Waals surface area contributed by atoms with Crippen LogP contribution in [-0.4, -0.2) is 40.6 Å². The van der Waals surface area contributed by atoms with E-state index in [0.29, 0.717) is 6.42 Å². The van der Waals surface area contributed by atoms with Gasteiger partial charge in [0.2, 0.25) is 5.91 Å². The maximum absolute atomic E-state index is 12.0. The normalized spacial score (nSPS) is 12.0. The fraction of sp³-hybridized carbons (Fsp3) is 0.474. The van der Waals surface area contributed by atoms with Crippen LogP contribution in [-0.2, 0) is 25.5 Å². The molecule has 1 rings (SSSR count). The summed E-state index contributed by atoms with van der Waals surface area (Å²) in [5.41, 5.74) is 0.404.